The molecule has 2 aromatic rings. The highest BCUT2D eigenvalue weighted by Gasteiger charge is 2.61. The van der Waals surface area contributed by atoms with Gasteiger partial charge in [-0.1, -0.05) is 18.2 Å². The van der Waals surface area contributed by atoms with E-state index in [1.807, 2.05) is 18.2 Å². The lowest BCUT2D eigenvalue weighted by Gasteiger charge is -2.33. The summed E-state index contributed by atoms with van der Waals surface area (Å²) in [4.78, 5) is 28.3. The molecule has 134 valence electrons. The Morgan fingerprint density at radius 1 is 1.33 bits per heavy atom. The molecule has 0 bridgehead atoms. The molecule has 5 rings (SSSR count). The number of nitriles is 1. The third kappa shape index (κ3) is 1.70. The summed E-state index contributed by atoms with van der Waals surface area (Å²) in [6, 6.07) is 9.14. The monoisotopic (exact) mass is 361 g/mol. The Hall–Kier alpha value is -3.53. The Labute approximate surface area is 154 Å². The van der Waals surface area contributed by atoms with Crippen molar-refractivity contribution >= 4 is 11.6 Å². The van der Waals surface area contributed by atoms with E-state index in [2.05, 4.69) is 0 Å². The summed E-state index contributed by atoms with van der Waals surface area (Å²) < 4.78 is 10.9. The summed E-state index contributed by atoms with van der Waals surface area (Å²) in [7, 11) is 0. The number of nitrogens with two attached hydrogens (primary N) is 1. The Morgan fingerprint density at radius 3 is 2.93 bits per heavy atom. The minimum atomic E-state index is -1.63. The fourth-order valence-corrected chi connectivity index (χ4v) is 4.58. The molecule has 0 fully saturated rings. The van der Waals surface area contributed by atoms with E-state index < -0.39 is 11.0 Å². The number of aryl methyl sites for hydroxylation is 2. The van der Waals surface area contributed by atoms with E-state index in [-0.39, 0.29) is 28.7 Å². The van der Waals surface area contributed by atoms with Crippen LogP contribution < -0.4 is 21.0 Å². The molecule has 2 N–H and O–H groups in total. The number of para-hydroxylation sites is 1. The summed E-state index contributed by atoms with van der Waals surface area (Å²) in [5.74, 6) is -0.0283. The Balaban J connectivity index is 1.99. The third-order valence-electron chi connectivity index (χ3n) is 5.55. The first kappa shape index (κ1) is 15.7. The second kappa shape index (κ2) is 5.01. The quantitative estimate of drug-likeness (QED) is 0.763. The van der Waals surface area contributed by atoms with Crippen LogP contribution in [0.4, 0.5) is 5.69 Å². The zero-order chi connectivity index (χ0) is 18.9. The topological polar surface area (TPSA) is 110 Å². The van der Waals surface area contributed by atoms with Crippen LogP contribution in [0.15, 0.2) is 44.9 Å². The Kier molecular flexibility index (Phi) is 2.91. The summed E-state index contributed by atoms with van der Waals surface area (Å²) in [5.41, 5.74) is 6.05. The van der Waals surface area contributed by atoms with Crippen LogP contribution in [0.2, 0.25) is 0 Å². The maximum atomic E-state index is 13.7. The number of nitrogens with zero attached hydrogens (tertiary/aromatic N) is 2. The van der Waals surface area contributed by atoms with Crippen LogP contribution in [0.3, 0.4) is 0 Å². The minimum absolute atomic E-state index is 0.0200. The largest absolute Gasteiger partial charge is 0.440 e. The van der Waals surface area contributed by atoms with E-state index in [1.54, 1.807) is 17.9 Å². The molecule has 7 heteroatoms. The summed E-state index contributed by atoms with van der Waals surface area (Å²) in [6.07, 6.45) is 1.64. The molecule has 1 amide bonds. The lowest BCUT2D eigenvalue weighted by molar-refractivity contribution is -0.121. The van der Waals surface area contributed by atoms with Crippen molar-refractivity contribution in [1.82, 2.24) is 0 Å². The number of hydrogen-bond donors (Lipinski definition) is 1. The molecule has 1 atom stereocenters. The Morgan fingerprint density at radius 2 is 2.15 bits per heavy atom. The average molecular weight is 361 g/mol. The number of anilines is 1. The minimum Gasteiger partial charge on any atom is -0.440 e. The van der Waals surface area contributed by atoms with Gasteiger partial charge in [0.2, 0.25) is 11.8 Å². The van der Waals surface area contributed by atoms with Gasteiger partial charge in [-0.25, -0.2) is 4.79 Å². The molecule has 0 unspecified atom stereocenters. The number of benzene rings is 1. The Bertz CT molecular complexity index is 1170. The summed E-state index contributed by atoms with van der Waals surface area (Å²) in [5, 5.41) is 9.87. The number of ether oxygens (including phenoxy) is 1. The van der Waals surface area contributed by atoms with Crippen molar-refractivity contribution in [2.24, 2.45) is 5.73 Å². The fraction of sp³-hybridized carbons (Fsp3) is 0.250. The number of amides is 1. The maximum Gasteiger partial charge on any atom is 0.344 e. The second-order valence-electron chi connectivity index (χ2n) is 6.96. The van der Waals surface area contributed by atoms with Gasteiger partial charge in [0.15, 0.2) is 5.41 Å². The molecule has 27 heavy (non-hydrogen) atoms. The van der Waals surface area contributed by atoms with Crippen LogP contribution in [0.1, 0.15) is 28.9 Å². The normalized spacial score (nSPS) is 22.4. The molecule has 7 nitrogen and oxygen atoms in total. The highest BCUT2D eigenvalue weighted by Crippen LogP contribution is 2.55. The molecular weight excluding hydrogens is 346 g/mol. The first-order valence-corrected chi connectivity index (χ1v) is 8.68. The number of rotatable bonds is 0. The lowest BCUT2D eigenvalue weighted by atomic mass is 9.69. The predicted molar refractivity (Wildman–Crippen MR) is 95.1 cm³/mol. The number of hydrogen-bond acceptors (Lipinski definition) is 6. The van der Waals surface area contributed by atoms with Gasteiger partial charge in [-0.05, 0) is 25.3 Å². The maximum absolute atomic E-state index is 13.7. The van der Waals surface area contributed by atoms with Crippen LogP contribution in [0.5, 0.6) is 5.75 Å². The summed E-state index contributed by atoms with van der Waals surface area (Å²) in [6.45, 7) is 2.14. The number of carbonyl (C=O) groups is 1. The molecular formula is C20H15N3O4. The first-order valence-electron chi connectivity index (χ1n) is 8.68. The van der Waals surface area contributed by atoms with E-state index in [4.69, 9.17) is 14.9 Å². The smallest absolute Gasteiger partial charge is 0.344 e. The zero-order valence-electron chi connectivity index (χ0n) is 14.5. The van der Waals surface area contributed by atoms with Crippen molar-refractivity contribution in [2.75, 3.05) is 11.4 Å². The molecule has 3 aliphatic rings. The van der Waals surface area contributed by atoms with Crippen LogP contribution in [0, 0.1) is 18.3 Å². The lowest BCUT2D eigenvalue weighted by Crippen LogP contribution is -2.48. The van der Waals surface area contributed by atoms with Gasteiger partial charge in [-0.2, -0.15) is 5.26 Å². The predicted octanol–water partition coefficient (Wildman–Crippen LogP) is 1.61. The van der Waals surface area contributed by atoms with Gasteiger partial charge >= 0.3 is 5.63 Å². The molecule has 0 saturated heterocycles. The molecule has 0 aliphatic carbocycles. The highest BCUT2D eigenvalue weighted by atomic mass is 16.5. The van der Waals surface area contributed by atoms with Crippen LogP contribution in [-0.2, 0) is 16.6 Å². The van der Waals surface area contributed by atoms with Gasteiger partial charge in [0.1, 0.15) is 28.7 Å². The van der Waals surface area contributed by atoms with Gasteiger partial charge in [0.05, 0.1) is 5.69 Å². The highest BCUT2D eigenvalue weighted by molar-refractivity contribution is 6.15. The van der Waals surface area contributed by atoms with Crippen molar-refractivity contribution in [3.8, 4) is 11.8 Å². The van der Waals surface area contributed by atoms with E-state index in [1.165, 1.54) is 6.07 Å². The van der Waals surface area contributed by atoms with Crippen molar-refractivity contribution in [2.45, 2.75) is 25.2 Å². The van der Waals surface area contributed by atoms with Gasteiger partial charge in [0, 0.05) is 18.2 Å². The first-order chi connectivity index (χ1) is 13.0. The fourth-order valence-electron chi connectivity index (χ4n) is 4.58. The van der Waals surface area contributed by atoms with Crippen molar-refractivity contribution in [3.63, 3.8) is 0 Å². The van der Waals surface area contributed by atoms with Gasteiger partial charge in [-0.15, -0.1) is 0 Å². The zero-order valence-corrected chi connectivity index (χ0v) is 14.5. The number of carbonyl (C=O) groups excluding carboxylic acids is 1. The van der Waals surface area contributed by atoms with Crippen molar-refractivity contribution in [3.05, 3.63) is 68.6 Å². The van der Waals surface area contributed by atoms with Crippen LogP contribution >= 0.6 is 0 Å². The van der Waals surface area contributed by atoms with Gasteiger partial charge < -0.3 is 19.8 Å². The van der Waals surface area contributed by atoms with Crippen LogP contribution in [0.25, 0.3) is 0 Å². The van der Waals surface area contributed by atoms with Crippen molar-refractivity contribution < 1.29 is 13.9 Å². The molecule has 1 aromatic heterocycles. The van der Waals surface area contributed by atoms with E-state index in [0.717, 1.165) is 24.1 Å². The van der Waals surface area contributed by atoms with E-state index >= 15 is 0 Å². The number of fused-ring (bicyclic) bond motifs is 3. The van der Waals surface area contributed by atoms with Crippen molar-refractivity contribution in [1.29, 1.82) is 5.26 Å². The molecule has 1 aromatic carbocycles. The molecule has 1 spiro atoms. The van der Waals surface area contributed by atoms with Gasteiger partial charge in [0.25, 0.3) is 0 Å². The standard InChI is InChI=1S/C20H15N3O4/c1-10-8-14-15(18(24)26-10)20(13(9-21)17(22)27-14)12-6-2-4-11-5-3-7-23(16(11)12)19(20)25/h2,4,6,8H,3,5,7,22H2,1H3/t20-/m1/s1. The summed E-state index contributed by atoms with van der Waals surface area (Å²) >= 11 is 0. The van der Waals surface area contributed by atoms with Crippen LogP contribution in [-0.4, -0.2) is 12.5 Å². The molecule has 0 radical (unpaired) electrons. The van der Waals surface area contributed by atoms with E-state index in [9.17, 15) is 14.9 Å². The third-order valence-corrected chi connectivity index (χ3v) is 5.55. The molecule has 4 heterocycles. The van der Waals surface area contributed by atoms with E-state index in [0.29, 0.717) is 17.9 Å². The molecule has 0 saturated carbocycles. The van der Waals surface area contributed by atoms with Gasteiger partial charge in [-0.3, -0.25) is 4.79 Å². The molecule has 3 aliphatic heterocycles. The SMILES string of the molecule is Cc1cc2c(c(=O)o1)[C@]1(C(=O)N3CCCc4cccc1c43)C(C#N)=C(N)O2. The average Bonchev–Trinajstić information content (AvgIpc) is 2.87. The second-order valence-corrected chi connectivity index (χ2v) is 6.96.